The number of hydrogen-bond acceptors (Lipinski definition) is 0. The van der Waals surface area contributed by atoms with E-state index in [1.165, 1.54) is 6.42 Å². The first-order chi connectivity index (χ1) is 4.91. The van der Waals surface area contributed by atoms with Crippen LogP contribution in [0.3, 0.4) is 0 Å². The third-order valence-corrected chi connectivity index (χ3v) is 0.972. The Morgan fingerprint density at radius 2 is 1.91 bits per heavy atom. The Morgan fingerprint density at radius 1 is 1.27 bits per heavy atom. The van der Waals surface area contributed by atoms with Crippen molar-refractivity contribution in [2.24, 2.45) is 0 Å². The van der Waals surface area contributed by atoms with Gasteiger partial charge in [-0.25, -0.2) is 12.2 Å². The first-order valence-electron chi connectivity index (χ1n) is 3.37. The molecule has 0 aromatic rings. The Morgan fingerprint density at radius 3 is 2.00 bits per heavy atom. The zero-order valence-electron chi connectivity index (χ0n) is 7.22. The minimum Gasteiger partial charge on any atom is -0.275 e. The van der Waals surface area contributed by atoms with Crippen molar-refractivity contribution < 1.29 is 18.9 Å². The fourth-order valence-electron chi connectivity index (χ4n) is 0.482. The van der Waals surface area contributed by atoms with Gasteiger partial charge in [0.1, 0.15) is 0 Å². The molecule has 0 fully saturated rings. The van der Waals surface area contributed by atoms with Crippen molar-refractivity contribution >= 4 is 0 Å². The van der Waals surface area contributed by atoms with E-state index in [9.17, 15) is 0 Å². The molecule has 0 amide bonds. The molecule has 0 unspecified atom stereocenters. The Labute approximate surface area is 81.6 Å². The van der Waals surface area contributed by atoms with Crippen molar-refractivity contribution in [2.75, 3.05) is 0 Å². The molecule has 0 nitrogen and oxygen atoms in total. The van der Waals surface area contributed by atoms with E-state index < -0.39 is 0 Å². The van der Waals surface area contributed by atoms with Gasteiger partial charge in [0.15, 0.2) is 0 Å². The second kappa shape index (κ2) is 12.3. The molecule has 0 heterocycles. The molecule has 0 radical (unpaired) electrons. The van der Waals surface area contributed by atoms with E-state index in [2.05, 4.69) is 25.3 Å². The number of hydrogen-bond donors (Lipinski definition) is 0. The maximum atomic E-state index is 3.36. The predicted octanol–water partition coefficient (Wildman–Crippen LogP) is 0.0582. The van der Waals surface area contributed by atoms with Gasteiger partial charge in [-0.1, -0.05) is 31.7 Å². The van der Waals surface area contributed by atoms with Crippen molar-refractivity contribution in [1.29, 1.82) is 0 Å². The Balaban J connectivity index is 0. The smallest absolute Gasteiger partial charge is 0.275 e. The van der Waals surface area contributed by atoms with Gasteiger partial charge in [-0.15, -0.1) is 6.42 Å². The second-order valence-electron chi connectivity index (χ2n) is 1.81. The van der Waals surface area contributed by atoms with Gasteiger partial charge in [-0.2, -0.15) is 6.08 Å². The molecule has 0 atom stereocenters. The van der Waals surface area contributed by atoms with Gasteiger partial charge in [-0.3, -0.25) is 6.08 Å². The van der Waals surface area contributed by atoms with Gasteiger partial charge >= 0.3 is 18.9 Å². The second-order valence-corrected chi connectivity index (χ2v) is 1.81. The summed E-state index contributed by atoms with van der Waals surface area (Å²) in [6, 6.07) is 0. The molecular weight excluding hydrogens is 127 g/mol. The summed E-state index contributed by atoms with van der Waals surface area (Å²) in [4.78, 5) is 0. The summed E-state index contributed by atoms with van der Waals surface area (Å²) in [6.07, 6.45) is 14.8. The van der Waals surface area contributed by atoms with Gasteiger partial charge in [0, 0.05) is 0 Å². The molecule has 0 saturated carbocycles. The fourth-order valence-corrected chi connectivity index (χ4v) is 0.482. The molecule has 1 rings (SSSR count). The van der Waals surface area contributed by atoms with E-state index in [1.807, 2.05) is 12.2 Å². The molecule has 0 aromatic carbocycles. The van der Waals surface area contributed by atoms with Crippen molar-refractivity contribution in [3.05, 3.63) is 49.6 Å². The zero-order chi connectivity index (χ0) is 7.66. The zero-order valence-corrected chi connectivity index (χ0v) is 7.22. The molecule has 0 N–H and O–H groups in total. The SMILES string of the molecule is C=CC=C.[C-]1=CC=CCC1.[Li+]. The van der Waals surface area contributed by atoms with Crippen LogP contribution in [0.5, 0.6) is 0 Å². The minimum atomic E-state index is 0. The summed E-state index contributed by atoms with van der Waals surface area (Å²) in [7, 11) is 0. The summed E-state index contributed by atoms with van der Waals surface area (Å²) in [5.74, 6) is 0. The summed E-state index contributed by atoms with van der Waals surface area (Å²) >= 11 is 0. The van der Waals surface area contributed by atoms with Crippen LogP contribution in [0.15, 0.2) is 43.5 Å². The van der Waals surface area contributed by atoms with Crippen LogP contribution < -0.4 is 18.9 Å². The molecule has 0 aromatic heterocycles. The van der Waals surface area contributed by atoms with E-state index in [-0.39, 0.29) is 18.9 Å². The summed E-state index contributed by atoms with van der Waals surface area (Å²) < 4.78 is 0. The van der Waals surface area contributed by atoms with Crippen LogP contribution in [-0.2, 0) is 0 Å². The van der Waals surface area contributed by atoms with Crippen LogP contribution in [0, 0.1) is 6.08 Å². The third kappa shape index (κ3) is 12.7. The fraction of sp³-hybridized carbons (Fsp3) is 0.200. The average Bonchev–Trinajstić information content (AvgIpc) is 2.08. The van der Waals surface area contributed by atoms with E-state index in [1.54, 1.807) is 12.2 Å². The third-order valence-electron chi connectivity index (χ3n) is 0.972. The van der Waals surface area contributed by atoms with Crippen molar-refractivity contribution in [3.8, 4) is 0 Å². The summed E-state index contributed by atoms with van der Waals surface area (Å²) in [5, 5.41) is 0. The van der Waals surface area contributed by atoms with Gasteiger partial charge in [-0.05, 0) is 0 Å². The van der Waals surface area contributed by atoms with Crippen molar-refractivity contribution in [2.45, 2.75) is 12.8 Å². The van der Waals surface area contributed by atoms with Gasteiger partial charge < -0.3 is 0 Å². The van der Waals surface area contributed by atoms with Crippen LogP contribution in [-0.4, -0.2) is 0 Å². The number of rotatable bonds is 1. The summed E-state index contributed by atoms with van der Waals surface area (Å²) in [5.41, 5.74) is 0. The Kier molecular flexibility index (Phi) is 14.7. The van der Waals surface area contributed by atoms with Crippen LogP contribution in [0.25, 0.3) is 0 Å². The van der Waals surface area contributed by atoms with Crippen molar-refractivity contribution in [1.82, 2.24) is 0 Å². The molecule has 11 heavy (non-hydrogen) atoms. The van der Waals surface area contributed by atoms with Crippen molar-refractivity contribution in [3.63, 3.8) is 0 Å². The standard InChI is InChI=1S/C6H7.C4H6.Li/c1-2-4-6-5-3-1;1-3-4-2;/h1-3H,4,6H2;3-4H,1-2H2;/q-1;;+1. The largest absolute Gasteiger partial charge is 1.00 e. The van der Waals surface area contributed by atoms with E-state index in [0.717, 1.165) is 6.42 Å². The topological polar surface area (TPSA) is 0 Å². The normalized spacial score (nSPS) is 12.0. The molecule has 0 saturated heterocycles. The first kappa shape index (κ1) is 13.2. The Bertz CT molecular complexity index is 125. The molecule has 0 aliphatic heterocycles. The number of allylic oxidation sites excluding steroid dienone is 6. The van der Waals surface area contributed by atoms with Crippen LogP contribution in [0.2, 0.25) is 0 Å². The predicted molar refractivity (Wildman–Crippen MR) is 46.6 cm³/mol. The maximum absolute atomic E-state index is 3.36. The van der Waals surface area contributed by atoms with Crippen LogP contribution >= 0.6 is 0 Å². The molecule has 1 aliphatic rings. The Hall–Kier alpha value is -0.443. The molecule has 54 valence electrons. The van der Waals surface area contributed by atoms with Crippen LogP contribution in [0.1, 0.15) is 12.8 Å². The molecule has 1 heteroatoms. The van der Waals surface area contributed by atoms with Crippen LogP contribution in [0.4, 0.5) is 0 Å². The van der Waals surface area contributed by atoms with Gasteiger partial charge in [0.2, 0.25) is 0 Å². The van der Waals surface area contributed by atoms with E-state index >= 15 is 0 Å². The monoisotopic (exact) mass is 140 g/mol. The molecule has 1 aliphatic carbocycles. The molecule has 0 bridgehead atoms. The maximum Gasteiger partial charge on any atom is 1.00 e. The quantitative estimate of drug-likeness (QED) is 0.274. The minimum absolute atomic E-state index is 0. The van der Waals surface area contributed by atoms with E-state index in [4.69, 9.17) is 0 Å². The molecular formula is C10H13Li. The molecule has 0 spiro atoms. The summed E-state index contributed by atoms with van der Waals surface area (Å²) in [6.45, 7) is 6.72. The van der Waals surface area contributed by atoms with E-state index in [0.29, 0.717) is 0 Å². The average molecular weight is 140 g/mol. The first-order valence-corrected chi connectivity index (χ1v) is 3.37. The van der Waals surface area contributed by atoms with Gasteiger partial charge in [0.25, 0.3) is 0 Å². The van der Waals surface area contributed by atoms with Gasteiger partial charge in [0.05, 0.1) is 0 Å².